The van der Waals surface area contributed by atoms with Crippen LogP contribution in [0.4, 0.5) is 0 Å². The average Bonchev–Trinajstić information content (AvgIpc) is 3.21. The van der Waals surface area contributed by atoms with Crippen molar-refractivity contribution in [3.8, 4) is 57.5 Å². The molecule has 0 heterocycles. The van der Waals surface area contributed by atoms with Crippen molar-refractivity contribution in [2.75, 3.05) is 79.3 Å². The summed E-state index contributed by atoms with van der Waals surface area (Å²) in [6, 6.07) is 0. The van der Waals surface area contributed by atoms with Gasteiger partial charge in [0, 0.05) is 13.2 Å². The van der Waals surface area contributed by atoms with Gasteiger partial charge < -0.3 is 61.6 Å². The van der Waals surface area contributed by atoms with E-state index in [1.807, 2.05) is 0 Å². The van der Waals surface area contributed by atoms with Crippen LogP contribution in [0, 0.1) is 0 Å². The van der Waals surface area contributed by atoms with Gasteiger partial charge in [-0.15, -0.1) is 0 Å². The molecule has 0 aliphatic heterocycles. The van der Waals surface area contributed by atoms with Crippen LogP contribution in [-0.2, 0) is 29.3 Å². The molecule has 0 aliphatic carbocycles. The van der Waals surface area contributed by atoms with E-state index in [0.717, 1.165) is 0 Å². The Kier molecular flexibility index (Phi) is 20.8. The standard InChI is InChI=1S/C43H62O15/c1-14-47-24-27(11)41(45)57-39-35(53-20-7)31(49-16-3)29(32(50-17-4)36(39)54-21-8)43(13,26-44)30-33(51-18-5)37(55-22-9)40(38(56-23-10)34(30)52-19-6)58-42(46)28(12)25-48-15-2/h26H,11-12,14-25H2,1-10,13H3. The highest BCUT2D eigenvalue weighted by atomic mass is 16.6. The topological polar surface area (TPSA) is 162 Å². The molecule has 15 nitrogen and oxygen atoms in total. The van der Waals surface area contributed by atoms with Gasteiger partial charge in [0.1, 0.15) is 6.29 Å². The van der Waals surface area contributed by atoms with E-state index in [9.17, 15) is 14.4 Å². The van der Waals surface area contributed by atoms with Crippen molar-refractivity contribution in [2.45, 2.75) is 81.6 Å². The number of esters is 2. The summed E-state index contributed by atoms with van der Waals surface area (Å²) in [5.41, 5.74) is -1.61. The predicted molar refractivity (Wildman–Crippen MR) is 217 cm³/mol. The lowest BCUT2D eigenvalue weighted by atomic mass is 9.74. The molecule has 0 N–H and O–H groups in total. The summed E-state index contributed by atoms with van der Waals surface area (Å²) in [5, 5.41) is 0. The molecule has 0 fully saturated rings. The zero-order chi connectivity index (χ0) is 43.4. The lowest BCUT2D eigenvalue weighted by Gasteiger charge is -2.35. The molecule has 58 heavy (non-hydrogen) atoms. The van der Waals surface area contributed by atoms with Crippen molar-refractivity contribution in [3.63, 3.8) is 0 Å². The number of benzene rings is 2. The fraction of sp³-hybridized carbons (Fsp3) is 0.558. The van der Waals surface area contributed by atoms with Gasteiger partial charge in [-0.1, -0.05) is 13.2 Å². The Morgan fingerprint density at radius 2 is 0.672 bits per heavy atom. The highest BCUT2D eigenvalue weighted by molar-refractivity contribution is 5.94. The first kappa shape index (κ1) is 49.0. The lowest BCUT2D eigenvalue weighted by Crippen LogP contribution is -2.31. The molecule has 0 saturated carbocycles. The second-order valence-corrected chi connectivity index (χ2v) is 12.1. The number of aldehydes is 1. The molecule has 0 atom stereocenters. The number of rotatable bonds is 29. The van der Waals surface area contributed by atoms with E-state index in [1.165, 1.54) is 0 Å². The molecule has 2 aromatic carbocycles. The third kappa shape index (κ3) is 11.3. The van der Waals surface area contributed by atoms with Crippen molar-refractivity contribution in [1.82, 2.24) is 0 Å². The molecule has 0 amide bonds. The molecule has 0 radical (unpaired) electrons. The maximum absolute atomic E-state index is 14.2. The number of hydrogen-bond donors (Lipinski definition) is 0. The molecule has 0 aromatic heterocycles. The Morgan fingerprint density at radius 3 is 0.879 bits per heavy atom. The highest BCUT2D eigenvalue weighted by Gasteiger charge is 2.48. The molecule has 0 spiro atoms. The van der Waals surface area contributed by atoms with Crippen LogP contribution in [0.25, 0.3) is 0 Å². The Labute approximate surface area is 342 Å². The first-order valence-corrected chi connectivity index (χ1v) is 19.8. The van der Waals surface area contributed by atoms with E-state index < -0.39 is 17.4 Å². The van der Waals surface area contributed by atoms with Gasteiger partial charge in [-0.3, -0.25) is 0 Å². The molecular weight excluding hydrogens is 756 g/mol. The molecular formula is C43H62O15. The average molecular weight is 819 g/mol. The van der Waals surface area contributed by atoms with Crippen molar-refractivity contribution in [1.29, 1.82) is 0 Å². The fourth-order valence-electron chi connectivity index (χ4n) is 5.78. The maximum Gasteiger partial charge on any atom is 0.341 e. The first-order chi connectivity index (χ1) is 27.9. The minimum Gasteiger partial charge on any atom is -0.489 e. The normalized spacial score (nSPS) is 10.9. The van der Waals surface area contributed by atoms with Gasteiger partial charge in [0.15, 0.2) is 23.0 Å². The van der Waals surface area contributed by atoms with E-state index in [2.05, 4.69) is 13.2 Å². The molecule has 15 heteroatoms. The van der Waals surface area contributed by atoms with Crippen molar-refractivity contribution in [2.24, 2.45) is 0 Å². The van der Waals surface area contributed by atoms with Gasteiger partial charge in [-0.2, -0.15) is 0 Å². The third-order valence-electron chi connectivity index (χ3n) is 8.07. The fourth-order valence-corrected chi connectivity index (χ4v) is 5.78. The number of carbonyl (C=O) groups is 3. The van der Waals surface area contributed by atoms with Crippen LogP contribution in [0.2, 0.25) is 0 Å². The van der Waals surface area contributed by atoms with E-state index >= 15 is 0 Å². The van der Waals surface area contributed by atoms with Gasteiger partial charge in [0.05, 0.1) is 93.8 Å². The smallest absolute Gasteiger partial charge is 0.341 e. The van der Waals surface area contributed by atoms with Crippen LogP contribution < -0.4 is 47.4 Å². The van der Waals surface area contributed by atoms with Gasteiger partial charge in [0.2, 0.25) is 34.5 Å². The monoisotopic (exact) mass is 818 g/mol. The van der Waals surface area contributed by atoms with Crippen LogP contribution in [0.5, 0.6) is 57.5 Å². The van der Waals surface area contributed by atoms with Crippen LogP contribution in [0.1, 0.15) is 87.3 Å². The van der Waals surface area contributed by atoms with E-state index in [1.54, 1.807) is 76.2 Å². The summed E-state index contributed by atoms with van der Waals surface area (Å²) >= 11 is 0. The Bertz CT molecular complexity index is 1520. The lowest BCUT2D eigenvalue weighted by molar-refractivity contribution is -0.131. The zero-order valence-corrected chi connectivity index (χ0v) is 36.1. The van der Waals surface area contributed by atoms with Crippen LogP contribution in [0.3, 0.4) is 0 Å². The number of ether oxygens (including phenoxy) is 12. The second-order valence-electron chi connectivity index (χ2n) is 12.1. The summed E-state index contributed by atoms with van der Waals surface area (Å²) in [4.78, 5) is 41.2. The molecule has 0 bridgehead atoms. The Morgan fingerprint density at radius 1 is 0.431 bits per heavy atom. The van der Waals surface area contributed by atoms with Crippen molar-refractivity contribution >= 4 is 18.2 Å². The predicted octanol–water partition coefficient (Wildman–Crippen LogP) is 7.38. The summed E-state index contributed by atoms with van der Waals surface area (Å²) in [6.45, 7) is 27.8. The van der Waals surface area contributed by atoms with E-state index in [-0.39, 0.29) is 146 Å². The van der Waals surface area contributed by atoms with Crippen molar-refractivity contribution < 1.29 is 71.2 Å². The molecule has 0 unspecified atom stereocenters. The molecule has 0 saturated heterocycles. The minimum atomic E-state index is -1.87. The summed E-state index contributed by atoms with van der Waals surface area (Å²) in [6.07, 6.45) is 0.663. The molecule has 2 aromatic rings. The summed E-state index contributed by atoms with van der Waals surface area (Å²) in [5.74, 6) is -2.21. The van der Waals surface area contributed by atoms with Gasteiger partial charge >= 0.3 is 11.9 Å². The quantitative estimate of drug-likeness (QED) is 0.0346. The largest absolute Gasteiger partial charge is 0.489 e. The van der Waals surface area contributed by atoms with Crippen molar-refractivity contribution in [3.05, 3.63) is 35.4 Å². The molecule has 0 aliphatic rings. The van der Waals surface area contributed by atoms with Gasteiger partial charge in [0.25, 0.3) is 0 Å². The molecule has 324 valence electrons. The van der Waals surface area contributed by atoms with E-state index in [0.29, 0.717) is 19.5 Å². The second kappa shape index (κ2) is 24.6. The van der Waals surface area contributed by atoms with Gasteiger partial charge in [-0.05, 0) is 76.2 Å². The highest BCUT2D eigenvalue weighted by Crippen LogP contribution is 2.63. The third-order valence-corrected chi connectivity index (χ3v) is 8.07. The Hall–Kier alpha value is -5.15. The summed E-state index contributed by atoms with van der Waals surface area (Å²) in [7, 11) is 0. The zero-order valence-electron chi connectivity index (χ0n) is 36.1. The SMILES string of the molecule is C=C(COCC)C(=O)Oc1c(OCC)c(OCC)c(C(C)(C=O)c2c(OCC)c(OCC)c(OC(=O)C(=C)COCC)c(OCC)c2OCC)c(OCC)c1OCC. The van der Waals surface area contributed by atoms with Crippen LogP contribution in [-0.4, -0.2) is 97.5 Å². The van der Waals surface area contributed by atoms with Crippen LogP contribution in [0.15, 0.2) is 24.3 Å². The molecule has 2 rings (SSSR count). The van der Waals surface area contributed by atoms with Gasteiger partial charge in [-0.25, -0.2) is 9.59 Å². The van der Waals surface area contributed by atoms with Crippen LogP contribution >= 0.6 is 0 Å². The first-order valence-electron chi connectivity index (χ1n) is 19.8. The minimum absolute atomic E-state index is 0.00684. The number of hydrogen-bond acceptors (Lipinski definition) is 15. The number of carbonyl (C=O) groups excluding carboxylic acids is 3. The summed E-state index contributed by atoms with van der Waals surface area (Å²) < 4.78 is 73.0. The maximum atomic E-state index is 14.2. The Balaban J connectivity index is 3.44. The van der Waals surface area contributed by atoms with E-state index in [4.69, 9.17) is 56.8 Å².